The number of aromatic nitrogens is 5. The van der Waals surface area contributed by atoms with E-state index in [1.165, 1.54) is 0 Å². The second-order valence-electron chi connectivity index (χ2n) is 18.1. The Labute approximate surface area is 410 Å². The van der Waals surface area contributed by atoms with Crippen LogP contribution >= 0.6 is 0 Å². The Morgan fingerprint density at radius 2 is 0.778 bits per heavy atom. The largest absolute Gasteiger partial charge is 0.455 e. The van der Waals surface area contributed by atoms with Crippen LogP contribution < -0.4 is 0 Å². The molecule has 8 heteroatoms. The van der Waals surface area contributed by atoms with E-state index < -0.39 is 0 Å². The van der Waals surface area contributed by atoms with Crippen molar-refractivity contribution in [1.82, 2.24) is 24.1 Å². The van der Waals surface area contributed by atoms with Gasteiger partial charge in [-0.1, -0.05) is 164 Å². The van der Waals surface area contributed by atoms with Crippen molar-refractivity contribution in [2.75, 3.05) is 0 Å². The van der Waals surface area contributed by atoms with Crippen LogP contribution in [0.1, 0.15) is 5.56 Å². The summed E-state index contributed by atoms with van der Waals surface area (Å²) in [6.45, 7) is 0. The van der Waals surface area contributed by atoms with E-state index in [0.717, 1.165) is 115 Å². The maximum Gasteiger partial charge on any atom is 0.166 e. The van der Waals surface area contributed by atoms with Crippen LogP contribution in [0.25, 0.3) is 144 Å². The van der Waals surface area contributed by atoms with Crippen LogP contribution in [0.15, 0.2) is 227 Å². The standard InChI is InChI=1S/C64H36N6O2/c65-37-41-36-48(64-67-62(39-20-6-2-7-21-39)66-63(68-64)40-22-8-3-9-23-40)59(70-50-29-15-11-27-47(50)57-52(70)35-33-45-43-25-13-17-31-54(43)72-61(45)57)55(38-18-4-1-5-19-38)58(41)69-49-28-14-10-26-46(49)56-51(69)34-32-44-42-24-12-16-30-53(42)71-60(44)56/h1-36H. The molecule has 0 atom stereocenters. The smallest absolute Gasteiger partial charge is 0.166 e. The van der Waals surface area contributed by atoms with E-state index in [1.807, 2.05) is 103 Å². The van der Waals surface area contributed by atoms with Crippen molar-refractivity contribution in [2.45, 2.75) is 0 Å². The van der Waals surface area contributed by atoms with Crippen LogP contribution in [-0.4, -0.2) is 24.1 Å². The van der Waals surface area contributed by atoms with Gasteiger partial charge in [0.1, 0.15) is 28.4 Å². The molecule has 0 unspecified atom stereocenters. The number of nitriles is 1. The molecule has 334 valence electrons. The van der Waals surface area contributed by atoms with Crippen LogP contribution in [-0.2, 0) is 0 Å². The highest BCUT2D eigenvalue weighted by Crippen LogP contribution is 2.50. The van der Waals surface area contributed by atoms with Gasteiger partial charge in [-0.05, 0) is 60.2 Å². The summed E-state index contributed by atoms with van der Waals surface area (Å²) in [6, 6.07) is 77.1. The van der Waals surface area contributed by atoms with Crippen LogP contribution in [0, 0.1) is 11.3 Å². The van der Waals surface area contributed by atoms with Gasteiger partial charge >= 0.3 is 0 Å². The molecule has 8 nitrogen and oxygen atoms in total. The van der Waals surface area contributed by atoms with E-state index in [4.69, 9.17) is 23.8 Å². The lowest BCUT2D eigenvalue weighted by molar-refractivity contribution is 0.672. The Bertz CT molecular complexity index is 4690. The molecule has 10 aromatic carbocycles. The quantitative estimate of drug-likeness (QED) is 0.165. The fourth-order valence-electron chi connectivity index (χ4n) is 11.1. The zero-order valence-electron chi connectivity index (χ0n) is 38.3. The van der Waals surface area contributed by atoms with Gasteiger partial charge in [-0.25, -0.2) is 15.0 Å². The average Bonchev–Trinajstić information content (AvgIpc) is 4.21. The summed E-state index contributed by atoms with van der Waals surface area (Å²) >= 11 is 0. The molecule has 15 rings (SSSR count). The molecule has 0 saturated heterocycles. The summed E-state index contributed by atoms with van der Waals surface area (Å²) in [5, 5.41) is 20.0. The van der Waals surface area contributed by atoms with E-state index in [9.17, 15) is 5.26 Å². The van der Waals surface area contributed by atoms with Gasteiger partial charge in [0.25, 0.3) is 0 Å². The predicted octanol–water partition coefficient (Wildman–Crippen LogP) is 16.4. The number of rotatable bonds is 6. The van der Waals surface area contributed by atoms with Gasteiger partial charge in [-0.3, -0.25) is 0 Å². The lowest BCUT2D eigenvalue weighted by Crippen LogP contribution is -2.10. The number of fused-ring (bicyclic) bond motifs is 14. The Balaban J connectivity index is 1.17. The molecule has 5 aromatic heterocycles. The fraction of sp³-hybridized carbons (Fsp3) is 0. The Morgan fingerprint density at radius 1 is 0.361 bits per heavy atom. The fourth-order valence-corrected chi connectivity index (χ4v) is 11.1. The van der Waals surface area contributed by atoms with E-state index in [2.05, 4.69) is 130 Å². The van der Waals surface area contributed by atoms with Gasteiger partial charge in [-0.15, -0.1) is 0 Å². The predicted molar refractivity (Wildman–Crippen MR) is 290 cm³/mol. The van der Waals surface area contributed by atoms with Gasteiger partial charge in [-0.2, -0.15) is 5.26 Å². The third-order valence-electron chi connectivity index (χ3n) is 14.2. The molecule has 15 aromatic rings. The van der Waals surface area contributed by atoms with Crippen LogP contribution in [0.4, 0.5) is 0 Å². The minimum absolute atomic E-state index is 0.417. The van der Waals surface area contributed by atoms with Crippen molar-refractivity contribution < 1.29 is 8.83 Å². The van der Waals surface area contributed by atoms with E-state index >= 15 is 0 Å². The first-order valence-corrected chi connectivity index (χ1v) is 23.9. The molecule has 0 N–H and O–H groups in total. The summed E-state index contributed by atoms with van der Waals surface area (Å²) in [6.07, 6.45) is 0. The summed E-state index contributed by atoms with van der Waals surface area (Å²) in [5.74, 6) is 1.44. The van der Waals surface area contributed by atoms with Crippen LogP contribution in [0.3, 0.4) is 0 Å². The first-order chi connectivity index (χ1) is 35.7. The maximum atomic E-state index is 11.8. The number of hydrogen-bond donors (Lipinski definition) is 0. The zero-order valence-corrected chi connectivity index (χ0v) is 38.3. The summed E-state index contributed by atoms with van der Waals surface area (Å²) < 4.78 is 18.2. The normalized spacial score (nSPS) is 11.9. The zero-order chi connectivity index (χ0) is 47.4. The molecule has 0 radical (unpaired) electrons. The van der Waals surface area contributed by atoms with Crippen LogP contribution in [0.5, 0.6) is 0 Å². The third-order valence-corrected chi connectivity index (χ3v) is 14.2. The van der Waals surface area contributed by atoms with Crippen molar-refractivity contribution in [1.29, 1.82) is 5.26 Å². The van der Waals surface area contributed by atoms with E-state index in [0.29, 0.717) is 34.3 Å². The van der Waals surface area contributed by atoms with Gasteiger partial charge in [0.15, 0.2) is 17.5 Å². The molecule has 0 aliphatic rings. The summed E-state index contributed by atoms with van der Waals surface area (Å²) in [4.78, 5) is 15.9. The van der Waals surface area contributed by atoms with Crippen molar-refractivity contribution >= 4 is 87.5 Å². The van der Waals surface area contributed by atoms with Crippen molar-refractivity contribution in [3.8, 4) is 62.7 Å². The molecule has 0 fully saturated rings. The van der Waals surface area contributed by atoms with Crippen LogP contribution in [0.2, 0.25) is 0 Å². The molecule has 72 heavy (non-hydrogen) atoms. The van der Waals surface area contributed by atoms with E-state index in [1.54, 1.807) is 0 Å². The minimum Gasteiger partial charge on any atom is -0.455 e. The molecule has 0 amide bonds. The molecule has 5 heterocycles. The molecule has 0 saturated carbocycles. The highest BCUT2D eigenvalue weighted by Gasteiger charge is 2.31. The molecular weight excluding hydrogens is 885 g/mol. The number of para-hydroxylation sites is 4. The van der Waals surface area contributed by atoms with Crippen molar-refractivity contribution in [3.63, 3.8) is 0 Å². The number of furan rings is 2. The molecule has 0 bridgehead atoms. The van der Waals surface area contributed by atoms with Gasteiger partial charge in [0, 0.05) is 54.6 Å². The summed E-state index contributed by atoms with van der Waals surface area (Å²) in [7, 11) is 0. The van der Waals surface area contributed by atoms with Gasteiger partial charge < -0.3 is 18.0 Å². The highest BCUT2D eigenvalue weighted by molar-refractivity contribution is 6.26. The first-order valence-electron chi connectivity index (χ1n) is 23.9. The topological polar surface area (TPSA) is 98.6 Å². The number of nitrogens with zero attached hydrogens (tertiary/aromatic N) is 6. The monoisotopic (exact) mass is 920 g/mol. The Morgan fingerprint density at radius 3 is 1.28 bits per heavy atom. The lowest BCUT2D eigenvalue weighted by Gasteiger charge is -2.24. The van der Waals surface area contributed by atoms with Crippen molar-refractivity contribution in [2.24, 2.45) is 0 Å². The molecule has 0 aliphatic heterocycles. The average molecular weight is 921 g/mol. The van der Waals surface area contributed by atoms with E-state index in [-0.39, 0.29) is 0 Å². The second-order valence-corrected chi connectivity index (χ2v) is 18.1. The van der Waals surface area contributed by atoms with Gasteiger partial charge in [0.2, 0.25) is 0 Å². The Hall–Kier alpha value is -10.1. The summed E-state index contributed by atoms with van der Waals surface area (Å²) in [5.41, 5.74) is 12.9. The minimum atomic E-state index is 0.417. The second kappa shape index (κ2) is 15.5. The lowest BCUT2D eigenvalue weighted by atomic mass is 9.93. The molecular formula is C64H36N6O2. The van der Waals surface area contributed by atoms with Gasteiger partial charge in [0.05, 0.1) is 49.8 Å². The Kier molecular flexibility index (Phi) is 8.55. The maximum absolute atomic E-state index is 11.8. The number of benzene rings is 10. The molecule has 0 aliphatic carbocycles. The third kappa shape index (κ3) is 5.76. The molecule has 0 spiro atoms. The van der Waals surface area contributed by atoms with Crippen molar-refractivity contribution in [3.05, 3.63) is 224 Å². The number of hydrogen-bond acceptors (Lipinski definition) is 6. The highest BCUT2D eigenvalue weighted by atomic mass is 16.3. The first kappa shape index (κ1) is 39.9. The SMILES string of the molecule is N#Cc1cc(-c2nc(-c3ccccc3)nc(-c3ccccc3)n2)c(-n2c3ccccc3c3c4oc5ccccc5c4ccc32)c(-c2ccccc2)c1-n1c2ccccc2c2c3oc4ccccc4c3ccc21.